The predicted molar refractivity (Wildman–Crippen MR) is 50.6 cm³/mol. The minimum absolute atomic E-state index is 0.0659. The Hall–Kier alpha value is -1.01. The van der Waals surface area contributed by atoms with Crippen LogP contribution >= 0.6 is 0 Å². The van der Waals surface area contributed by atoms with E-state index in [9.17, 15) is 13.6 Å². The van der Waals surface area contributed by atoms with Crippen LogP contribution in [0.15, 0.2) is 12.7 Å². The fourth-order valence-electron chi connectivity index (χ4n) is 0.749. The van der Waals surface area contributed by atoms with Crippen molar-refractivity contribution < 1.29 is 23.0 Å². The smallest absolute Gasteiger partial charge is 0.377 e. The molecule has 0 unspecified atom stereocenters. The topological polar surface area (TPSA) is 61.5 Å². The van der Waals surface area contributed by atoms with Crippen LogP contribution in [0, 0.1) is 0 Å². The van der Waals surface area contributed by atoms with E-state index < -0.39 is 18.3 Å². The zero-order chi connectivity index (χ0) is 11.7. The maximum absolute atomic E-state index is 12.8. The lowest BCUT2D eigenvalue weighted by atomic mass is 10.2. The number of halogens is 2. The van der Waals surface area contributed by atoms with Gasteiger partial charge in [0, 0.05) is 6.42 Å². The third kappa shape index (κ3) is 6.14. The lowest BCUT2D eigenvalue weighted by Crippen LogP contribution is -2.33. The van der Waals surface area contributed by atoms with Crippen molar-refractivity contribution in [2.45, 2.75) is 12.3 Å². The highest BCUT2D eigenvalue weighted by atomic mass is 19.3. The number of nitrogens with two attached hydrogens (primary N) is 1. The highest BCUT2D eigenvalue weighted by Gasteiger charge is 2.39. The SMILES string of the molecule is C=CCOCCOC(=O)C(F)(F)CCN. The minimum atomic E-state index is -3.51. The molecule has 0 amide bonds. The van der Waals surface area contributed by atoms with Crippen LogP contribution in [-0.4, -0.2) is 38.3 Å². The van der Waals surface area contributed by atoms with Crippen molar-refractivity contribution in [1.29, 1.82) is 0 Å². The lowest BCUT2D eigenvalue weighted by Gasteiger charge is -2.13. The Bertz CT molecular complexity index is 210. The van der Waals surface area contributed by atoms with Gasteiger partial charge in [-0.15, -0.1) is 6.58 Å². The maximum Gasteiger partial charge on any atom is 0.377 e. The minimum Gasteiger partial charge on any atom is -0.459 e. The van der Waals surface area contributed by atoms with E-state index in [1.807, 2.05) is 0 Å². The van der Waals surface area contributed by atoms with E-state index in [2.05, 4.69) is 11.3 Å². The van der Waals surface area contributed by atoms with Gasteiger partial charge in [-0.05, 0) is 6.54 Å². The first-order chi connectivity index (χ1) is 7.04. The van der Waals surface area contributed by atoms with E-state index in [1.54, 1.807) is 0 Å². The standard InChI is InChI=1S/C9H15F2NO3/c1-2-5-14-6-7-15-8(13)9(10,11)3-4-12/h2H,1,3-7,12H2. The summed E-state index contributed by atoms with van der Waals surface area (Å²) >= 11 is 0. The Labute approximate surface area is 87.0 Å². The van der Waals surface area contributed by atoms with Gasteiger partial charge in [-0.3, -0.25) is 0 Å². The number of ether oxygens (including phenoxy) is 2. The lowest BCUT2D eigenvalue weighted by molar-refractivity contribution is -0.173. The number of alkyl halides is 2. The number of esters is 1. The van der Waals surface area contributed by atoms with E-state index in [1.165, 1.54) is 6.08 Å². The molecule has 6 heteroatoms. The quantitative estimate of drug-likeness (QED) is 0.374. The third-order valence-corrected chi connectivity index (χ3v) is 1.45. The summed E-state index contributed by atoms with van der Waals surface area (Å²) in [6.07, 6.45) is 0.796. The molecule has 0 aliphatic rings. The molecule has 0 saturated carbocycles. The van der Waals surface area contributed by atoms with Gasteiger partial charge in [0.2, 0.25) is 0 Å². The van der Waals surface area contributed by atoms with Gasteiger partial charge in [0.05, 0.1) is 13.2 Å². The van der Waals surface area contributed by atoms with Crippen molar-refractivity contribution in [3.05, 3.63) is 12.7 Å². The van der Waals surface area contributed by atoms with E-state index in [0.717, 1.165) is 0 Å². The van der Waals surface area contributed by atoms with Crippen LogP contribution in [0.4, 0.5) is 8.78 Å². The Morgan fingerprint density at radius 1 is 1.47 bits per heavy atom. The van der Waals surface area contributed by atoms with E-state index in [0.29, 0.717) is 0 Å². The summed E-state index contributed by atoms with van der Waals surface area (Å²) in [5.41, 5.74) is 4.92. The molecule has 0 aliphatic heterocycles. The van der Waals surface area contributed by atoms with Gasteiger partial charge < -0.3 is 15.2 Å². The molecule has 4 nitrogen and oxygen atoms in total. The van der Waals surface area contributed by atoms with Gasteiger partial charge >= 0.3 is 11.9 Å². The molecule has 0 aromatic carbocycles. The van der Waals surface area contributed by atoms with E-state index >= 15 is 0 Å². The molecular formula is C9H15F2NO3. The van der Waals surface area contributed by atoms with Crippen LogP contribution in [0.5, 0.6) is 0 Å². The normalized spacial score (nSPS) is 11.1. The van der Waals surface area contributed by atoms with Crippen LogP contribution in [0.25, 0.3) is 0 Å². The molecule has 0 heterocycles. The average molecular weight is 223 g/mol. The van der Waals surface area contributed by atoms with Crippen LogP contribution in [0.1, 0.15) is 6.42 Å². The van der Waals surface area contributed by atoms with Gasteiger partial charge in [-0.25, -0.2) is 4.79 Å². The molecule has 0 spiro atoms. The second-order valence-electron chi connectivity index (χ2n) is 2.74. The van der Waals surface area contributed by atoms with Crippen LogP contribution in [0.2, 0.25) is 0 Å². The summed E-state index contributed by atoms with van der Waals surface area (Å²) in [4.78, 5) is 10.8. The third-order valence-electron chi connectivity index (χ3n) is 1.45. The van der Waals surface area contributed by atoms with Crippen LogP contribution in [0.3, 0.4) is 0 Å². The Kier molecular flexibility index (Phi) is 6.81. The molecule has 0 atom stereocenters. The summed E-state index contributed by atoms with van der Waals surface area (Å²) < 4.78 is 34.7. The Morgan fingerprint density at radius 3 is 2.67 bits per heavy atom. The fraction of sp³-hybridized carbons (Fsp3) is 0.667. The number of rotatable bonds is 8. The molecule has 0 aromatic heterocycles. The van der Waals surface area contributed by atoms with Crippen molar-refractivity contribution in [2.75, 3.05) is 26.4 Å². The summed E-state index contributed by atoms with van der Waals surface area (Å²) in [5.74, 6) is -5.07. The molecule has 0 aromatic rings. The Balaban J connectivity index is 3.68. The zero-order valence-corrected chi connectivity index (χ0v) is 8.38. The molecule has 88 valence electrons. The zero-order valence-electron chi connectivity index (χ0n) is 8.38. The summed E-state index contributed by atoms with van der Waals surface area (Å²) in [7, 11) is 0. The second-order valence-corrected chi connectivity index (χ2v) is 2.74. The molecule has 2 N–H and O–H groups in total. The van der Waals surface area contributed by atoms with E-state index in [-0.39, 0.29) is 26.4 Å². The largest absolute Gasteiger partial charge is 0.459 e. The molecule has 0 bridgehead atoms. The van der Waals surface area contributed by atoms with E-state index in [4.69, 9.17) is 10.5 Å². The Morgan fingerprint density at radius 2 is 2.13 bits per heavy atom. The number of hydrogen-bond donors (Lipinski definition) is 1. The number of carbonyl (C=O) groups is 1. The van der Waals surface area contributed by atoms with Crippen molar-refractivity contribution >= 4 is 5.97 Å². The highest BCUT2D eigenvalue weighted by molar-refractivity contribution is 5.77. The van der Waals surface area contributed by atoms with Gasteiger partial charge in [-0.2, -0.15) is 8.78 Å². The molecule has 0 aliphatic carbocycles. The monoisotopic (exact) mass is 223 g/mol. The molecule has 0 radical (unpaired) electrons. The fourth-order valence-corrected chi connectivity index (χ4v) is 0.749. The molecule has 15 heavy (non-hydrogen) atoms. The number of carbonyl (C=O) groups excluding carboxylic acids is 1. The van der Waals surface area contributed by atoms with Crippen LogP contribution < -0.4 is 5.73 Å². The first kappa shape index (κ1) is 14.0. The van der Waals surface area contributed by atoms with Gasteiger partial charge in [0.1, 0.15) is 6.61 Å². The van der Waals surface area contributed by atoms with Crippen molar-refractivity contribution in [3.63, 3.8) is 0 Å². The molecular weight excluding hydrogens is 208 g/mol. The molecule has 0 rings (SSSR count). The van der Waals surface area contributed by atoms with Crippen molar-refractivity contribution in [1.82, 2.24) is 0 Å². The molecule has 0 fully saturated rings. The first-order valence-electron chi connectivity index (χ1n) is 4.48. The maximum atomic E-state index is 12.8. The van der Waals surface area contributed by atoms with Crippen molar-refractivity contribution in [2.24, 2.45) is 5.73 Å². The second kappa shape index (κ2) is 7.30. The first-order valence-corrected chi connectivity index (χ1v) is 4.48. The van der Waals surface area contributed by atoms with Gasteiger partial charge in [0.25, 0.3) is 0 Å². The predicted octanol–water partition coefficient (Wildman–Crippen LogP) is 0.716. The summed E-state index contributed by atoms with van der Waals surface area (Å²) in [5, 5.41) is 0. The van der Waals surface area contributed by atoms with Crippen molar-refractivity contribution in [3.8, 4) is 0 Å². The summed E-state index contributed by atoms with van der Waals surface area (Å²) in [6.45, 7) is 3.27. The number of hydrogen-bond acceptors (Lipinski definition) is 4. The average Bonchev–Trinajstić information content (AvgIpc) is 2.17. The molecule has 0 saturated heterocycles. The summed E-state index contributed by atoms with van der Waals surface area (Å²) in [6, 6.07) is 0. The van der Waals surface area contributed by atoms with Gasteiger partial charge in [0.15, 0.2) is 0 Å². The highest BCUT2D eigenvalue weighted by Crippen LogP contribution is 2.18. The van der Waals surface area contributed by atoms with Gasteiger partial charge in [-0.1, -0.05) is 6.08 Å². The van der Waals surface area contributed by atoms with Crippen LogP contribution in [-0.2, 0) is 14.3 Å².